The predicted octanol–water partition coefficient (Wildman–Crippen LogP) is 2.07. The van der Waals surface area contributed by atoms with Crippen molar-refractivity contribution in [3.05, 3.63) is 50.9 Å². The Morgan fingerprint density at radius 2 is 2.11 bits per heavy atom. The Balaban J connectivity index is 1.52. The standard InChI is InChI=1S/C19H23ClN4O3/c1-12-9-17(25)23-19(21-12)24-7-5-14(6-8-24)22-18(26)11-13-3-4-16(27-2)15(20)10-13/h3-4,9-10,14H,5-8,11H2,1-2H3,(H,22,26)(H,21,23,25). The Kier molecular flexibility index (Phi) is 6.01. The normalized spacial score (nSPS) is 14.9. The molecular formula is C19H23ClN4O3. The largest absolute Gasteiger partial charge is 0.495 e. The van der Waals surface area contributed by atoms with Gasteiger partial charge in [0.05, 0.1) is 18.6 Å². The number of aryl methyl sites for hydroxylation is 1. The third-order valence-electron chi connectivity index (χ3n) is 4.60. The molecule has 1 aromatic heterocycles. The van der Waals surface area contributed by atoms with Crippen LogP contribution in [-0.4, -0.2) is 42.1 Å². The summed E-state index contributed by atoms with van der Waals surface area (Å²) in [6.07, 6.45) is 1.87. The molecule has 0 spiro atoms. The summed E-state index contributed by atoms with van der Waals surface area (Å²) in [5.74, 6) is 1.16. The lowest BCUT2D eigenvalue weighted by Gasteiger charge is -2.32. The molecule has 1 aliphatic heterocycles. The second-order valence-electron chi connectivity index (χ2n) is 6.68. The topological polar surface area (TPSA) is 87.3 Å². The third kappa shape index (κ3) is 5.01. The molecule has 2 N–H and O–H groups in total. The number of methoxy groups -OCH3 is 1. The third-order valence-corrected chi connectivity index (χ3v) is 4.89. The van der Waals surface area contributed by atoms with Gasteiger partial charge in [-0.15, -0.1) is 0 Å². The fourth-order valence-corrected chi connectivity index (χ4v) is 3.51. The molecule has 1 fully saturated rings. The number of benzene rings is 1. The van der Waals surface area contributed by atoms with Crippen molar-refractivity contribution in [2.45, 2.75) is 32.2 Å². The number of halogens is 1. The number of hydrogen-bond acceptors (Lipinski definition) is 5. The summed E-state index contributed by atoms with van der Waals surface area (Å²) < 4.78 is 5.12. The van der Waals surface area contributed by atoms with Crippen LogP contribution >= 0.6 is 11.6 Å². The van der Waals surface area contributed by atoms with E-state index in [1.807, 2.05) is 11.0 Å². The van der Waals surface area contributed by atoms with Crippen LogP contribution < -0.4 is 20.5 Å². The van der Waals surface area contributed by atoms with Gasteiger partial charge in [-0.25, -0.2) is 4.98 Å². The van der Waals surface area contributed by atoms with Gasteiger partial charge < -0.3 is 15.0 Å². The van der Waals surface area contributed by atoms with E-state index < -0.39 is 0 Å². The molecule has 0 atom stereocenters. The average Bonchev–Trinajstić information content (AvgIpc) is 2.61. The molecule has 8 heteroatoms. The molecule has 1 aromatic carbocycles. The molecule has 0 saturated carbocycles. The molecule has 144 valence electrons. The van der Waals surface area contributed by atoms with Crippen LogP contribution in [0, 0.1) is 6.92 Å². The van der Waals surface area contributed by atoms with Gasteiger partial charge in [-0.3, -0.25) is 14.6 Å². The van der Waals surface area contributed by atoms with Crippen LogP contribution in [0.3, 0.4) is 0 Å². The van der Waals surface area contributed by atoms with E-state index >= 15 is 0 Å². The van der Waals surface area contributed by atoms with Crippen LogP contribution in [0.2, 0.25) is 5.02 Å². The first kappa shape index (κ1) is 19.2. The number of nitrogens with zero attached hydrogens (tertiary/aromatic N) is 2. The zero-order valence-corrected chi connectivity index (χ0v) is 16.2. The van der Waals surface area contributed by atoms with Crippen molar-refractivity contribution in [3.8, 4) is 5.75 Å². The fraction of sp³-hybridized carbons (Fsp3) is 0.421. The molecule has 1 aliphatic rings. The van der Waals surface area contributed by atoms with Crippen LogP contribution in [0.5, 0.6) is 5.75 Å². The molecule has 1 amide bonds. The molecular weight excluding hydrogens is 368 g/mol. The number of aromatic amines is 1. The minimum Gasteiger partial charge on any atom is -0.495 e. The minimum absolute atomic E-state index is 0.0308. The first-order chi connectivity index (χ1) is 12.9. The first-order valence-corrected chi connectivity index (χ1v) is 9.27. The molecule has 0 radical (unpaired) electrons. The highest BCUT2D eigenvalue weighted by atomic mass is 35.5. The fourth-order valence-electron chi connectivity index (χ4n) is 3.23. The van der Waals surface area contributed by atoms with E-state index in [0.29, 0.717) is 22.4 Å². The zero-order valence-electron chi connectivity index (χ0n) is 15.4. The average molecular weight is 391 g/mol. The summed E-state index contributed by atoms with van der Waals surface area (Å²) in [5.41, 5.74) is 1.39. The van der Waals surface area contributed by atoms with Gasteiger partial charge in [-0.05, 0) is 37.5 Å². The van der Waals surface area contributed by atoms with E-state index in [-0.39, 0.29) is 23.9 Å². The van der Waals surface area contributed by atoms with Gasteiger partial charge in [0.15, 0.2) is 0 Å². The van der Waals surface area contributed by atoms with Crippen LogP contribution in [0.4, 0.5) is 5.95 Å². The lowest BCUT2D eigenvalue weighted by molar-refractivity contribution is -0.121. The van der Waals surface area contributed by atoms with Crippen LogP contribution in [0.1, 0.15) is 24.1 Å². The Morgan fingerprint density at radius 1 is 1.37 bits per heavy atom. The number of H-pyrrole nitrogens is 1. The Bertz CT molecular complexity index is 875. The van der Waals surface area contributed by atoms with Gasteiger partial charge in [-0.1, -0.05) is 17.7 Å². The molecule has 27 heavy (non-hydrogen) atoms. The van der Waals surface area contributed by atoms with Crippen molar-refractivity contribution in [2.75, 3.05) is 25.1 Å². The van der Waals surface area contributed by atoms with Gasteiger partial charge >= 0.3 is 0 Å². The highest BCUT2D eigenvalue weighted by Gasteiger charge is 2.22. The van der Waals surface area contributed by atoms with Crippen molar-refractivity contribution in [1.29, 1.82) is 0 Å². The SMILES string of the molecule is COc1ccc(CC(=O)NC2CCN(c3nc(C)cc(=O)[nH]3)CC2)cc1Cl. The lowest BCUT2D eigenvalue weighted by atomic mass is 10.0. The number of nitrogens with one attached hydrogen (secondary N) is 2. The Hall–Kier alpha value is -2.54. The monoisotopic (exact) mass is 390 g/mol. The molecule has 0 bridgehead atoms. The Morgan fingerprint density at radius 3 is 2.74 bits per heavy atom. The van der Waals surface area contributed by atoms with Gasteiger partial charge in [0, 0.05) is 30.9 Å². The molecule has 0 unspecified atom stereocenters. The number of carbonyl (C=O) groups excluding carboxylic acids is 1. The van der Waals surface area contributed by atoms with Gasteiger partial charge in [0.1, 0.15) is 5.75 Å². The summed E-state index contributed by atoms with van der Waals surface area (Å²) in [7, 11) is 1.56. The maximum Gasteiger partial charge on any atom is 0.252 e. The molecule has 3 rings (SSSR count). The van der Waals surface area contributed by atoms with Crippen molar-refractivity contribution in [2.24, 2.45) is 0 Å². The molecule has 0 aliphatic carbocycles. The summed E-state index contributed by atoms with van der Waals surface area (Å²) in [6, 6.07) is 6.94. The minimum atomic E-state index is -0.147. The van der Waals surface area contributed by atoms with Crippen molar-refractivity contribution in [3.63, 3.8) is 0 Å². The van der Waals surface area contributed by atoms with Gasteiger partial charge in [0.25, 0.3) is 5.56 Å². The molecule has 2 heterocycles. The summed E-state index contributed by atoms with van der Waals surface area (Å²) >= 11 is 6.11. The van der Waals surface area contributed by atoms with E-state index in [4.69, 9.17) is 16.3 Å². The van der Waals surface area contributed by atoms with Crippen molar-refractivity contribution in [1.82, 2.24) is 15.3 Å². The molecule has 2 aromatic rings. The Labute approximate surface area is 162 Å². The number of hydrogen-bond donors (Lipinski definition) is 2. The maximum atomic E-state index is 12.3. The number of carbonyl (C=O) groups is 1. The van der Waals surface area contributed by atoms with Gasteiger partial charge in [-0.2, -0.15) is 0 Å². The summed E-state index contributed by atoms with van der Waals surface area (Å²) in [5, 5.41) is 3.57. The highest BCUT2D eigenvalue weighted by Crippen LogP contribution is 2.25. The summed E-state index contributed by atoms with van der Waals surface area (Å²) in [4.78, 5) is 33.1. The van der Waals surface area contributed by atoms with Gasteiger partial charge in [0.2, 0.25) is 11.9 Å². The molecule has 7 nitrogen and oxygen atoms in total. The van der Waals surface area contributed by atoms with Crippen molar-refractivity contribution < 1.29 is 9.53 Å². The second-order valence-corrected chi connectivity index (χ2v) is 7.09. The van der Waals surface area contributed by atoms with Crippen LogP contribution in [0.25, 0.3) is 0 Å². The van der Waals surface area contributed by atoms with Crippen molar-refractivity contribution >= 4 is 23.5 Å². The first-order valence-electron chi connectivity index (χ1n) is 8.89. The predicted molar refractivity (Wildman–Crippen MR) is 105 cm³/mol. The number of aromatic nitrogens is 2. The smallest absolute Gasteiger partial charge is 0.252 e. The highest BCUT2D eigenvalue weighted by molar-refractivity contribution is 6.32. The number of ether oxygens (including phenoxy) is 1. The van der Waals surface area contributed by atoms with E-state index in [9.17, 15) is 9.59 Å². The number of anilines is 1. The van der Waals surface area contributed by atoms with E-state index in [1.54, 1.807) is 26.2 Å². The van der Waals surface area contributed by atoms with Crippen LogP contribution in [-0.2, 0) is 11.2 Å². The maximum absolute atomic E-state index is 12.3. The number of rotatable bonds is 5. The summed E-state index contributed by atoms with van der Waals surface area (Å²) in [6.45, 7) is 3.26. The quantitative estimate of drug-likeness (QED) is 0.816. The molecule has 1 saturated heterocycles. The van der Waals surface area contributed by atoms with Crippen LogP contribution in [0.15, 0.2) is 29.1 Å². The van der Waals surface area contributed by atoms with E-state index in [0.717, 1.165) is 31.5 Å². The number of piperidine rings is 1. The van der Waals surface area contributed by atoms with E-state index in [2.05, 4.69) is 15.3 Å². The van der Waals surface area contributed by atoms with E-state index in [1.165, 1.54) is 6.07 Å². The number of amides is 1. The second kappa shape index (κ2) is 8.43. The lowest BCUT2D eigenvalue weighted by Crippen LogP contribution is -2.45. The zero-order chi connectivity index (χ0) is 19.4.